The Labute approximate surface area is 122 Å². The van der Waals surface area contributed by atoms with Crippen LogP contribution < -0.4 is 0 Å². The molecule has 1 aromatic heterocycles. The lowest BCUT2D eigenvalue weighted by molar-refractivity contribution is 0.0785. The number of halogens is 1. The van der Waals surface area contributed by atoms with Crippen molar-refractivity contribution in [3.63, 3.8) is 0 Å². The Morgan fingerprint density at radius 3 is 2.95 bits per heavy atom. The molecule has 20 heavy (non-hydrogen) atoms. The van der Waals surface area contributed by atoms with Crippen LogP contribution in [0.4, 0.5) is 0 Å². The number of carbonyl (C=O) groups is 1. The van der Waals surface area contributed by atoms with Crippen molar-refractivity contribution in [3.8, 4) is 6.07 Å². The molecule has 0 spiro atoms. The summed E-state index contributed by atoms with van der Waals surface area (Å²) in [7, 11) is 1.69. The van der Waals surface area contributed by atoms with E-state index in [4.69, 9.17) is 16.9 Å². The maximum Gasteiger partial charge on any atom is 0.255 e. The summed E-state index contributed by atoms with van der Waals surface area (Å²) in [5.41, 5.74) is 1.89. The lowest BCUT2D eigenvalue weighted by atomic mass is 10.1. The normalized spacial score (nSPS) is 9.85. The second-order valence-electron chi connectivity index (χ2n) is 4.33. The minimum atomic E-state index is -0.181. The summed E-state index contributed by atoms with van der Waals surface area (Å²) >= 11 is 5.96. The fraction of sp³-hybridized carbons (Fsp3) is 0.133. The van der Waals surface area contributed by atoms with Crippen molar-refractivity contribution in [1.82, 2.24) is 9.88 Å². The van der Waals surface area contributed by atoms with Gasteiger partial charge in [-0.3, -0.25) is 9.78 Å². The van der Waals surface area contributed by atoms with E-state index in [0.29, 0.717) is 22.7 Å². The molecule has 0 aliphatic carbocycles. The summed E-state index contributed by atoms with van der Waals surface area (Å²) in [5, 5.41) is 9.19. The van der Waals surface area contributed by atoms with Gasteiger partial charge in [0.15, 0.2) is 0 Å². The van der Waals surface area contributed by atoms with Gasteiger partial charge >= 0.3 is 0 Å². The molecule has 0 radical (unpaired) electrons. The van der Waals surface area contributed by atoms with E-state index in [-0.39, 0.29) is 5.91 Å². The molecule has 2 rings (SSSR count). The first-order valence-corrected chi connectivity index (χ1v) is 6.33. The molecule has 100 valence electrons. The van der Waals surface area contributed by atoms with Gasteiger partial charge in [-0.05, 0) is 23.8 Å². The minimum absolute atomic E-state index is 0.181. The van der Waals surface area contributed by atoms with Crippen LogP contribution in [0.5, 0.6) is 0 Å². The van der Waals surface area contributed by atoms with Gasteiger partial charge in [0.2, 0.25) is 0 Å². The Balaban J connectivity index is 2.16. The zero-order chi connectivity index (χ0) is 14.5. The van der Waals surface area contributed by atoms with E-state index >= 15 is 0 Å². The number of rotatable bonds is 3. The summed E-state index contributed by atoms with van der Waals surface area (Å²) in [6.07, 6.45) is 2.97. The molecule has 4 nitrogen and oxygen atoms in total. The average Bonchev–Trinajstić information content (AvgIpc) is 2.47. The van der Waals surface area contributed by atoms with Crippen LogP contribution in [0.1, 0.15) is 21.5 Å². The first-order valence-electron chi connectivity index (χ1n) is 5.96. The van der Waals surface area contributed by atoms with E-state index < -0.39 is 0 Å². The lowest BCUT2D eigenvalue weighted by Crippen LogP contribution is -2.26. The highest BCUT2D eigenvalue weighted by Crippen LogP contribution is 2.16. The zero-order valence-electron chi connectivity index (χ0n) is 10.9. The van der Waals surface area contributed by atoms with E-state index in [2.05, 4.69) is 11.1 Å². The number of nitriles is 1. The number of carbonyl (C=O) groups excluding carboxylic acids is 1. The van der Waals surface area contributed by atoms with Gasteiger partial charge in [0.05, 0.1) is 22.2 Å². The number of hydrogen-bond donors (Lipinski definition) is 0. The fourth-order valence-corrected chi connectivity index (χ4v) is 2.04. The quantitative estimate of drug-likeness (QED) is 0.871. The van der Waals surface area contributed by atoms with Crippen LogP contribution in [0.25, 0.3) is 0 Å². The number of amides is 1. The average molecular weight is 286 g/mol. The third-order valence-corrected chi connectivity index (χ3v) is 3.13. The van der Waals surface area contributed by atoms with Crippen molar-refractivity contribution in [2.75, 3.05) is 7.05 Å². The zero-order valence-corrected chi connectivity index (χ0v) is 11.6. The van der Waals surface area contributed by atoms with Crippen molar-refractivity contribution >= 4 is 17.5 Å². The molecule has 2 aromatic rings. The molecule has 1 heterocycles. The minimum Gasteiger partial charge on any atom is -0.337 e. The first kappa shape index (κ1) is 14.0. The van der Waals surface area contributed by atoms with Gasteiger partial charge in [0.1, 0.15) is 0 Å². The standard InChI is InChI=1S/C15H12ClN3O/c1-19(10-12-4-2-3-11(7-12)8-17)15(20)13-5-6-18-9-14(13)16/h2-7,9H,10H2,1H3. The highest BCUT2D eigenvalue weighted by Gasteiger charge is 2.15. The molecule has 0 saturated heterocycles. The molecule has 0 saturated carbocycles. The summed E-state index contributed by atoms with van der Waals surface area (Å²) < 4.78 is 0. The summed E-state index contributed by atoms with van der Waals surface area (Å²) in [5.74, 6) is -0.181. The SMILES string of the molecule is CN(Cc1cccc(C#N)c1)C(=O)c1ccncc1Cl. The molecule has 0 aliphatic heterocycles. The Hall–Kier alpha value is -2.38. The fourth-order valence-electron chi connectivity index (χ4n) is 1.84. The van der Waals surface area contributed by atoms with Crippen LogP contribution in [-0.4, -0.2) is 22.8 Å². The monoisotopic (exact) mass is 285 g/mol. The van der Waals surface area contributed by atoms with Crippen LogP contribution >= 0.6 is 11.6 Å². The van der Waals surface area contributed by atoms with Crippen molar-refractivity contribution < 1.29 is 4.79 Å². The van der Waals surface area contributed by atoms with Crippen molar-refractivity contribution in [2.24, 2.45) is 0 Å². The van der Waals surface area contributed by atoms with Crippen molar-refractivity contribution in [3.05, 3.63) is 64.4 Å². The topological polar surface area (TPSA) is 57.0 Å². The number of pyridine rings is 1. The molecule has 1 amide bonds. The van der Waals surface area contributed by atoms with E-state index in [1.807, 2.05) is 6.07 Å². The van der Waals surface area contributed by atoms with Crippen LogP contribution in [-0.2, 0) is 6.54 Å². The third kappa shape index (κ3) is 3.14. The molecule has 0 fully saturated rings. The van der Waals surface area contributed by atoms with E-state index in [0.717, 1.165) is 5.56 Å². The van der Waals surface area contributed by atoms with Gasteiger partial charge in [0.25, 0.3) is 5.91 Å². The summed E-state index contributed by atoms with van der Waals surface area (Å²) in [6.45, 7) is 0.410. The van der Waals surface area contributed by atoms with Crippen molar-refractivity contribution in [1.29, 1.82) is 5.26 Å². The number of nitrogens with zero attached hydrogens (tertiary/aromatic N) is 3. The number of benzene rings is 1. The maximum absolute atomic E-state index is 12.3. The first-order chi connectivity index (χ1) is 9.61. The van der Waals surface area contributed by atoms with Gasteiger partial charge in [-0.1, -0.05) is 23.7 Å². The van der Waals surface area contributed by atoms with Crippen LogP contribution in [0, 0.1) is 11.3 Å². The van der Waals surface area contributed by atoms with Gasteiger partial charge in [-0.15, -0.1) is 0 Å². The predicted molar refractivity (Wildman–Crippen MR) is 76.2 cm³/mol. The van der Waals surface area contributed by atoms with Crippen molar-refractivity contribution in [2.45, 2.75) is 6.54 Å². The Morgan fingerprint density at radius 2 is 2.25 bits per heavy atom. The molecule has 5 heteroatoms. The molecular weight excluding hydrogens is 274 g/mol. The third-order valence-electron chi connectivity index (χ3n) is 2.83. The van der Waals surface area contributed by atoms with E-state index in [9.17, 15) is 4.79 Å². The smallest absolute Gasteiger partial charge is 0.255 e. The maximum atomic E-state index is 12.3. The Kier molecular flexibility index (Phi) is 4.34. The largest absolute Gasteiger partial charge is 0.337 e. The molecule has 0 atom stereocenters. The molecule has 0 unspecified atom stereocenters. The second kappa shape index (κ2) is 6.18. The van der Waals surface area contributed by atoms with Gasteiger partial charge in [0, 0.05) is 26.0 Å². The van der Waals surface area contributed by atoms with Crippen LogP contribution in [0.3, 0.4) is 0 Å². The second-order valence-corrected chi connectivity index (χ2v) is 4.74. The number of aromatic nitrogens is 1. The highest BCUT2D eigenvalue weighted by atomic mass is 35.5. The van der Waals surface area contributed by atoms with Gasteiger partial charge in [-0.25, -0.2) is 0 Å². The summed E-state index contributed by atoms with van der Waals surface area (Å²) in [4.78, 5) is 17.7. The molecule has 1 aromatic carbocycles. The summed E-state index contributed by atoms with van der Waals surface area (Å²) in [6, 6.07) is 10.8. The van der Waals surface area contributed by atoms with Crippen LogP contribution in [0.15, 0.2) is 42.7 Å². The lowest BCUT2D eigenvalue weighted by Gasteiger charge is -2.18. The Morgan fingerprint density at radius 1 is 1.45 bits per heavy atom. The van der Waals surface area contributed by atoms with Gasteiger partial charge in [-0.2, -0.15) is 5.26 Å². The predicted octanol–water partition coefficient (Wildman–Crippen LogP) is 2.88. The van der Waals surface area contributed by atoms with Crippen LogP contribution in [0.2, 0.25) is 5.02 Å². The molecule has 0 bridgehead atoms. The molecule has 0 N–H and O–H groups in total. The molecule has 0 aliphatic rings. The van der Waals surface area contributed by atoms with E-state index in [1.54, 1.807) is 36.2 Å². The molecular formula is C15H12ClN3O. The highest BCUT2D eigenvalue weighted by molar-refractivity contribution is 6.33. The van der Waals surface area contributed by atoms with E-state index in [1.165, 1.54) is 12.4 Å². The van der Waals surface area contributed by atoms with Gasteiger partial charge < -0.3 is 4.90 Å². The number of hydrogen-bond acceptors (Lipinski definition) is 3. The Bertz CT molecular complexity index is 679.